The Balaban J connectivity index is 2.39. The van der Waals surface area contributed by atoms with Gasteiger partial charge in [0.1, 0.15) is 0 Å². The molecule has 0 bridgehead atoms. The minimum atomic E-state index is 0.0954. The molecule has 0 heterocycles. The normalized spacial score (nSPS) is 9.71. The molecule has 74 valence electrons. The van der Waals surface area contributed by atoms with Crippen LogP contribution in [0.3, 0.4) is 0 Å². The van der Waals surface area contributed by atoms with Crippen LogP contribution in [0.4, 0.5) is 0 Å². The third kappa shape index (κ3) is 3.61. The molecule has 0 aliphatic heterocycles. The summed E-state index contributed by atoms with van der Waals surface area (Å²) in [6.07, 6.45) is 5.88. The molecule has 2 N–H and O–H groups in total. The zero-order chi connectivity index (χ0) is 10.2. The molecule has 1 aromatic rings. The molecule has 2 nitrogen and oxygen atoms in total. The molecule has 0 fully saturated rings. The van der Waals surface area contributed by atoms with E-state index in [4.69, 9.17) is 11.5 Å². The summed E-state index contributed by atoms with van der Waals surface area (Å²) in [7, 11) is 0. The molecule has 0 saturated carbocycles. The highest BCUT2D eigenvalue weighted by Crippen LogP contribution is 2.04. The first-order chi connectivity index (χ1) is 6.86. The molecular formula is C12H15NO. The summed E-state index contributed by atoms with van der Waals surface area (Å²) >= 11 is 0. The molecule has 2 heteroatoms. The van der Waals surface area contributed by atoms with Crippen LogP contribution in [0.1, 0.15) is 17.5 Å². The van der Waals surface area contributed by atoms with Gasteiger partial charge in [-0.2, -0.15) is 0 Å². The first-order valence-corrected chi connectivity index (χ1v) is 4.69. The number of aliphatic hydroxyl groups excluding tert-OH is 1. The Hall–Kier alpha value is -1.30. The van der Waals surface area contributed by atoms with Gasteiger partial charge in [-0.1, -0.05) is 24.3 Å². The van der Waals surface area contributed by atoms with Crippen LogP contribution < -0.4 is 5.32 Å². The van der Waals surface area contributed by atoms with Crippen LogP contribution in [-0.2, 0) is 13.2 Å². The lowest BCUT2D eigenvalue weighted by molar-refractivity contribution is 0.281. The number of rotatable bonds is 5. The van der Waals surface area contributed by atoms with Crippen molar-refractivity contribution < 1.29 is 5.11 Å². The van der Waals surface area contributed by atoms with Crippen molar-refractivity contribution in [2.24, 2.45) is 0 Å². The van der Waals surface area contributed by atoms with Crippen LogP contribution >= 0.6 is 0 Å². The molecule has 0 atom stereocenters. The maximum Gasteiger partial charge on any atom is 0.0681 e. The second kappa shape index (κ2) is 6.20. The van der Waals surface area contributed by atoms with Crippen molar-refractivity contribution in [3.8, 4) is 12.3 Å². The van der Waals surface area contributed by atoms with Crippen molar-refractivity contribution in [2.75, 3.05) is 6.54 Å². The molecule has 0 aliphatic rings. The van der Waals surface area contributed by atoms with Gasteiger partial charge >= 0.3 is 0 Å². The number of benzene rings is 1. The van der Waals surface area contributed by atoms with Crippen molar-refractivity contribution in [1.82, 2.24) is 5.32 Å². The Bertz CT molecular complexity index is 314. The fourth-order valence-corrected chi connectivity index (χ4v) is 1.23. The largest absolute Gasteiger partial charge is 0.392 e. The van der Waals surface area contributed by atoms with Crippen molar-refractivity contribution in [3.05, 3.63) is 35.4 Å². The summed E-state index contributed by atoms with van der Waals surface area (Å²) in [6.45, 7) is 1.73. The molecular weight excluding hydrogens is 174 g/mol. The highest BCUT2D eigenvalue weighted by molar-refractivity contribution is 5.22. The van der Waals surface area contributed by atoms with Crippen LogP contribution in [0.5, 0.6) is 0 Å². The SMILES string of the molecule is C#CCCNCc1cccc(CO)c1. The molecule has 0 aromatic heterocycles. The molecule has 1 rings (SSSR count). The Kier molecular flexibility index (Phi) is 4.77. The summed E-state index contributed by atoms with van der Waals surface area (Å²) in [6, 6.07) is 7.87. The zero-order valence-electron chi connectivity index (χ0n) is 8.16. The minimum absolute atomic E-state index is 0.0954. The Morgan fingerprint density at radius 2 is 2.14 bits per heavy atom. The van der Waals surface area contributed by atoms with Gasteiger partial charge in [0.2, 0.25) is 0 Å². The molecule has 14 heavy (non-hydrogen) atoms. The van der Waals surface area contributed by atoms with E-state index in [2.05, 4.69) is 11.2 Å². The maximum absolute atomic E-state index is 8.92. The van der Waals surface area contributed by atoms with E-state index in [0.29, 0.717) is 0 Å². The number of hydrogen-bond donors (Lipinski definition) is 2. The van der Waals surface area contributed by atoms with Gasteiger partial charge in [0, 0.05) is 19.5 Å². The third-order valence-electron chi connectivity index (χ3n) is 1.95. The van der Waals surface area contributed by atoms with Gasteiger partial charge in [-0.3, -0.25) is 0 Å². The number of nitrogens with one attached hydrogen (secondary N) is 1. The molecule has 0 amide bonds. The van der Waals surface area contributed by atoms with Gasteiger partial charge in [-0.05, 0) is 11.1 Å². The van der Waals surface area contributed by atoms with Crippen LogP contribution in [0.2, 0.25) is 0 Å². The monoisotopic (exact) mass is 189 g/mol. The predicted octanol–water partition coefficient (Wildman–Crippen LogP) is 1.29. The highest BCUT2D eigenvalue weighted by Gasteiger charge is 1.94. The maximum atomic E-state index is 8.92. The summed E-state index contributed by atoms with van der Waals surface area (Å²) in [5.74, 6) is 2.57. The molecule has 0 radical (unpaired) electrons. The topological polar surface area (TPSA) is 32.3 Å². The number of hydrogen-bond acceptors (Lipinski definition) is 2. The van der Waals surface area contributed by atoms with E-state index in [1.165, 1.54) is 5.56 Å². The minimum Gasteiger partial charge on any atom is -0.392 e. The lowest BCUT2D eigenvalue weighted by Crippen LogP contribution is -2.14. The van der Waals surface area contributed by atoms with Gasteiger partial charge in [0.15, 0.2) is 0 Å². The van der Waals surface area contributed by atoms with Gasteiger partial charge < -0.3 is 10.4 Å². The Labute approximate surface area is 85.0 Å². The fourth-order valence-electron chi connectivity index (χ4n) is 1.23. The van der Waals surface area contributed by atoms with E-state index in [-0.39, 0.29) is 6.61 Å². The second-order valence-corrected chi connectivity index (χ2v) is 3.11. The van der Waals surface area contributed by atoms with Gasteiger partial charge in [-0.25, -0.2) is 0 Å². The average molecular weight is 189 g/mol. The first-order valence-electron chi connectivity index (χ1n) is 4.69. The van der Waals surface area contributed by atoms with E-state index in [9.17, 15) is 0 Å². The van der Waals surface area contributed by atoms with E-state index in [0.717, 1.165) is 25.1 Å². The molecule has 1 aromatic carbocycles. The van der Waals surface area contributed by atoms with E-state index < -0.39 is 0 Å². The Morgan fingerprint density at radius 3 is 2.86 bits per heavy atom. The van der Waals surface area contributed by atoms with E-state index in [1.54, 1.807) is 0 Å². The van der Waals surface area contributed by atoms with Crippen molar-refractivity contribution in [2.45, 2.75) is 19.6 Å². The van der Waals surface area contributed by atoms with Crippen LogP contribution in [0.15, 0.2) is 24.3 Å². The lowest BCUT2D eigenvalue weighted by atomic mass is 10.1. The fraction of sp³-hybridized carbons (Fsp3) is 0.333. The highest BCUT2D eigenvalue weighted by atomic mass is 16.3. The third-order valence-corrected chi connectivity index (χ3v) is 1.95. The van der Waals surface area contributed by atoms with Gasteiger partial charge in [-0.15, -0.1) is 12.3 Å². The molecule has 0 saturated heterocycles. The van der Waals surface area contributed by atoms with E-state index in [1.807, 2.05) is 24.3 Å². The summed E-state index contributed by atoms with van der Waals surface area (Å²) in [5.41, 5.74) is 2.12. The van der Waals surface area contributed by atoms with Gasteiger partial charge in [0.25, 0.3) is 0 Å². The number of terminal acetylenes is 1. The van der Waals surface area contributed by atoms with Gasteiger partial charge in [0.05, 0.1) is 6.61 Å². The first kappa shape index (κ1) is 10.8. The van der Waals surface area contributed by atoms with Crippen molar-refractivity contribution in [1.29, 1.82) is 0 Å². The summed E-state index contributed by atoms with van der Waals surface area (Å²) in [5, 5.41) is 12.2. The molecule has 0 spiro atoms. The van der Waals surface area contributed by atoms with E-state index >= 15 is 0 Å². The lowest BCUT2D eigenvalue weighted by Gasteiger charge is -2.04. The number of aliphatic hydroxyl groups is 1. The smallest absolute Gasteiger partial charge is 0.0681 e. The average Bonchev–Trinajstić information content (AvgIpc) is 2.25. The van der Waals surface area contributed by atoms with Crippen LogP contribution in [-0.4, -0.2) is 11.7 Å². The molecule has 0 aliphatic carbocycles. The standard InChI is InChI=1S/C12H15NO/c1-2-3-7-13-9-11-5-4-6-12(8-11)10-14/h1,4-6,8,13-14H,3,7,9-10H2. The quantitative estimate of drug-likeness (QED) is 0.540. The Morgan fingerprint density at radius 1 is 1.36 bits per heavy atom. The van der Waals surface area contributed by atoms with Crippen LogP contribution in [0, 0.1) is 12.3 Å². The van der Waals surface area contributed by atoms with Crippen molar-refractivity contribution >= 4 is 0 Å². The molecule has 0 unspecified atom stereocenters. The zero-order valence-corrected chi connectivity index (χ0v) is 8.16. The summed E-state index contributed by atoms with van der Waals surface area (Å²) in [4.78, 5) is 0. The van der Waals surface area contributed by atoms with Crippen LogP contribution in [0.25, 0.3) is 0 Å². The predicted molar refractivity (Wildman–Crippen MR) is 57.5 cm³/mol. The second-order valence-electron chi connectivity index (χ2n) is 3.11. The van der Waals surface area contributed by atoms with Crippen molar-refractivity contribution in [3.63, 3.8) is 0 Å². The summed E-state index contributed by atoms with van der Waals surface area (Å²) < 4.78 is 0.